The van der Waals surface area contributed by atoms with Gasteiger partial charge in [0.1, 0.15) is 0 Å². The summed E-state index contributed by atoms with van der Waals surface area (Å²) < 4.78 is 0. The molecule has 0 amide bonds. The van der Waals surface area contributed by atoms with Gasteiger partial charge in [0.15, 0.2) is 0 Å². The molecule has 1 aliphatic heterocycles. The summed E-state index contributed by atoms with van der Waals surface area (Å²) in [6.45, 7) is 1.64. The van der Waals surface area contributed by atoms with E-state index in [1.165, 1.54) is 5.56 Å². The molecule has 0 aromatic heterocycles. The molecule has 1 aliphatic carbocycles. The fraction of sp³-hybridized carbons (Fsp3) is 0.538. The van der Waals surface area contributed by atoms with E-state index in [0.29, 0.717) is 12.5 Å². The first kappa shape index (κ1) is 10.3. The molecule has 3 rings (SSSR count). The first-order chi connectivity index (χ1) is 7.80. The second-order valence-corrected chi connectivity index (χ2v) is 4.94. The van der Waals surface area contributed by atoms with Gasteiger partial charge in [0.25, 0.3) is 0 Å². The Labute approximate surface area is 95.1 Å². The number of hydrogen-bond acceptors (Lipinski definition) is 3. The maximum absolute atomic E-state index is 10.1. The van der Waals surface area contributed by atoms with E-state index >= 15 is 0 Å². The lowest BCUT2D eigenvalue weighted by Gasteiger charge is -2.13. The van der Waals surface area contributed by atoms with E-state index in [4.69, 9.17) is 0 Å². The van der Waals surface area contributed by atoms with Crippen LogP contribution in [0.4, 0.5) is 0 Å². The maximum Gasteiger partial charge on any atom is 0.0742 e. The van der Waals surface area contributed by atoms with E-state index < -0.39 is 0 Å². The Hall–Kier alpha value is -0.900. The van der Waals surface area contributed by atoms with Gasteiger partial charge in [-0.15, -0.1) is 0 Å². The van der Waals surface area contributed by atoms with Crippen molar-refractivity contribution < 1.29 is 10.2 Å². The van der Waals surface area contributed by atoms with Crippen LogP contribution >= 0.6 is 0 Å². The second-order valence-electron chi connectivity index (χ2n) is 4.94. The van der Waals surface area contributed by atoms with Gasteiger partial charge in [0.2, 0.25) is 0 Å². The Morgan fingerprint density at radius 2 is 2.06 bits per heavy atom. The molecule has 1 saturated carbocycles. The predicted molar refractivity (Wildman–Crippen MR) is 61.1 cm³/mol. The van der Waals surface area contributed by atoms with Crippen LogP contribution in [-0.2, 0) is 0 Å². The summed E-state index contributed by atoms with van der Waals surface area (Å²) in [6.07, 6.45) is -0.324. The van der Waals surface area contributed by atoms with Crippen LogP contribution in [0.5, 0.6) is 0 Å². The van der Waals surface area contributed by atoms with Crippen LogP contribution in [0.25, 0.3) is 0 Å². The monoisotopic (exact) mass is 219 g/mol. The van der Waals surface area contributed by atoms with Gasteiger partial charge in [-0.1, -0.05) is 30.3 Å². The largest absolute Gasteiger partial charge is 0.396 e. The van der Waals surface area contributed by atoms with Crippen molar-refractivity contribution in [3.05, 3.63) is 35.9 Å². The molecular formula is C13H17NO2. The van der Waals surface area contributed by atoms with Crippen LogP contribution in [0.1, 0.15) is 11.5 Å². The van der Waals surface area contributed by atoms with Crippen molar-refractivity contribution in [2.75, 3.05) is 19.7 Å². The average Bonchev–Trinajstić information content (AvgIpc) is 2.84. The standard InChI is InChI=1S/C13H17NO2/c15-7-10-12(9-4-2-1-3-5-9)13(10)8-14-6-11(13)16/h1-5,10-12,14-16H,6-8H2/t10-,11-,12-,13-/m1/s1. The van der Waals surface area contributed by atoms with E-state index in [2.05, 4.69) is 17.4 Å². The van der Waals surface area contributed by atoms with Gasteiger partial charge < -0.3 is 15.5 Å². The van der Waals surface area contributed by atoms with Crippen molar-refractivity contribution in [3.8, 4) is 0 Å². The Kier molecular flexibility index (Phi) is 2.28. The van der Waals surface area contributed by atoms with Crippen molar-refractivity contribution in [3.63, 3.8) is 0 Å². The zero-order valence-electron chi connectivity index (χ0n) is 9.13. The van der Waals surface area contributed by atoms with Crippen LogP contribution in [0.2, 0.25) is 0 Å². The molecule has 86 valence electrons. The van der Waals surface area contributed by atoms with Gasteiger partial charge in [-0.25, -0.2) is 0 Å². The minimum absolute atomic E-state index is 0.115. The van der Waals surface area contributed by atoms with Gasteiger partial charge in [-0.2, -0.15) is 0 Å². The van der Waals surface area contributed by atoms with Crippen LogP contribution in [0, 0.1) is 11.3 Å². The Morgan fingerprint density at radius 3 is 2.62 bits per heavy atom. The molecule has 1 aromatic carbocycles. The molecule has 1 spiro atoms. The summed E-state index contributed by atoms with van der Waals surface area (Å²) in [6, 6.07) is 10.2. The zero-order valence-corrected chi connectivity index (χ0v) is 9.13. The molecule has 3 nitrogen and oxygen atoms in total. The zero-order chi connectivity index (χ0) is 11.2. The molecule has 0 unspecified atom stereocenters. The summed E-state index contributed by atoms with van der Waals surface area (Å²) in [4.78, 5) is 0. The number of β-amino-alcohol motifs (C(OH)–C–C–N with tert-alkyl or cyclic N) is 1. The second kappa shape index (κ2) is 3.55. The Balaban J connectivity index is 1.93. The quantitative estimate of drug-likeness (QED) is 0.672. The SMILES string of the molecule is OC[C@@H]1[C@@H](c2ccccc2)[C@]12CNC[C@H]2O. The molecule has 2 fully saturated rings. The minimum atomic E-state index is -0.324. The normalized spacial score (nSPS) is 41.5. The van der Waals surface area contributed by atoms with E-state index in [0.717, 1.165) is 6.54 Å². The highest BCUT2D eigenvalue weighted by Crippen LogP contribution is 2.67. The summed E-state index contributed by atoms with van der Waals surface area (Å²) in [7, 11) is 0. The number of aliphatic hydroxyl groups excluding tert-OH is 2. The van der Waals surface area contributed by atoms with Crippen molar-refractivity contribution >= 4 is 0 Å². The van der Waals surface area contributed by atoms with Crippen molar-refractivity contribution in [2.45, 2.75) is 12.0 Å². The number of aliphatic hydroxyl groups is 2. The highest BCUT2D eigenvalue weighted by molar-refractivity contribution is 5.36. The topological polar surface area (TPSA) is 52.5 Å². The van der Waals surface area contributed by atoms with Crippen LogP contribution in [0.3, 0.4) is 0 Å². The molecular weight excluding hydrogens is 202 g/mol. The molecule has 1 saturated heterocycles. The third-order valence-corrected chi connectivity index (χ3v) is 4.31. The molecule has 2 aliphatic rings. The Morgan fingerprint density at radius 1 is 1.31 bits per heavy atom. The van der Waals surface area contributed by atoms with E-state index in [1.807, 2.05) is 18.2 Å². The molecule has 3 heteroatoms. The van der Waals surface area contributed by atoms with Crippen LogP contribution < -0.4 is 5.32 Å². The maximum atomic E-state index is 10.1. The summed E-state index contributed by atoms with van der Waals surface area (Å²) >= 11 is 0. The third-order valence-electron chi connectivity index (χ3n) is 4.31. The van der Waals surface area contributed by atoms with Crippen molar-refractivity contribution in [2.24, 2.45) is 11.3 Å². The highest BCUT2D eigenvalue weighted by Gasteiger charge is 2.69. The lowest BCUT2D eigenvalue weighted by Crippen LogP contribution is -2.23. The summed E-state index contributed by atoms with van der Waals surface area (Å²) in [5.74, 6) is 0.517. The average molecular weight is 219 g/mol. The Bertz CT molecular complexity index is 381. The summed E-state index contributed by atoms with van der Waals surface area (Å²) in [5, 5.41) is 22.7. The number of hydrogen-bond donors (Lipinski definition) is 3. The minimum Gasteiger partial charge on any atom is -0.396 e. The molecule has 1 aromatic rings. The molecule has 1 heterocycles. The van der Waals surface area contributed by atoms with Gasteiger partial charge in [-0.05, 0) is 17.4 Å². The van der Waals surface area contributed by atoms with Crippen LogP contribution in [0.15, 0.2) is 30.3 Å². The van der Waals surface area contributed by atoms with Gasteiger partial charge in [0.05, 0.1) is 6.10 Å². The number of nitrogens with one attached hydrogen (secondary N) is 1. The first-order valence-electron chi connectivity index (χ1n) is 5.85. The fourth-order valence-electron chi connectivity index (χ4n) is 3.45. The van der Waals surface area contributed by atoms with Crippen molar-refractivity contribution in [1.29, 1.82) is 0 Å². The van der Waals surface area contributed by atoms with E-state index in [-0.39, 0.29) is 24.0 Å². The van der Waals surface area contributed by atoms with Crippen LogP contribution in [-0.4, -0.2) is 36.0 Å². The molecule has 0 bridgehead atoms. The molecule has 4 atom stereocenters. The summed E-state index contributed by atoms with van der Waals surface area (Å²) in [5.41, 5.74) is 1.13. The van der Waals surface area contributed by atoms with E-state index in [9.17, 15) is 10.2 Å². The molecule has 16 heavy (non-hydrogen) atoms. The van der Waals surface area contributed by atoms with Gasteiger partial charge >= 0.3 is 0 Å². The van der Waals surface area contributed by atoms with Gasteiger partial charge in [-0.3, -0.25) is 0 Å². The predicted octanol–water partition coefficient (Wildman–Crippen LogP) is 0.343. The third kappa shape index (κ3) is 1.19. The first-order valence-corrected chi connectivity index (χ1v) is 5.85. The highest BCUT2D eigenvalue weighted by atomic mass is 16.3. The van der Waals surface area contributed by atoms with Crippen molar-refractivity contribution in [1.82, 2.24) is 5.32 Å². The fourth-order valence-corrected chi connectivity index (χ4v) is 3.45. The number of rotatable bonds is 2. The molecule has 3 N–H and O–H groups in total. The molecule has 0 radical (unpaired) electrons. The van der Waals surface area contributed by atoms with Gasteiger partial charge in [0, 0.05) is 25.1 Å². The number of benzene rings is 1. The lowest BCUT2D eigenvalue weighted by molar-refractivity contribution is 0.113. The smallest absolute Gasteiger partial charge is 0.0742 e. The van der Waals surface area contributed by atoms with E-state index in [1.54, 1.807) is 0 Å². The lowest BCUT2D eigenvalue weighted by atomic mass is 9.95.